The third-order valence-corrected chi connectivity index (χ3v) is 2.92. The number of nitrogens with one attached hydrogen (secondary N) is 2. The predicted octanol–water partition coefficient (Wildman–Crippen LogP) is 0.643. The standard InChI is InChI=1S/C12H18N2O3/c1-16-10-5-8(15)6-11(17-2)12(10)9-7-13-3-4-14-9/h5-6,9,13-15H,3-4,7H2,1-2H3/t9-/m1/s1. The van der Waals surface area contributed by atoms with Gasteiger partial charge in [0.05, 0.1) is 25.8 Å². The summed E-state index contributed by atoms with van der Waals surface area (Å²) in [5.74, 6) is 1.43. The van der Waals surface area contributed by atoms with E-state index in [0.717, 1.165) is 25.2 Å². The molecule has 0 unspecified atom stereocenters. The maximum Gasteiger partial charge on any atom is 0.131 e. The second kappa shape index (κ2) is 5.25. The van der Waals surface area contributed by atoms with E-state index < -0.39 is 0 Å². The van der Waals surface area contributed by atoms with Crippen molar-refractivity contribution in [2.24, 2.45) is 0 Å². The number of benzene rings is 1. The van der Waals surface area contributed by atoms with Crippen LogP contribution in [0.2, 0.25) is 0 Å². The summed E-state index contributed by atoms with van der Waals surface area (Å²) in [6.07, 6.45) is 0. The number of hydrogen-bond donors (Lipinski definition) is 3. The van der Waals surface area contributed by atoms with Crippen molar-refractivity contribution < 1.29 is 14.6 Å². The van der Waals surface area contributed by atoms with Gasteiger partial charge in [0.2, 0.25) is 0 Å². The van der Waals surface area contributed by atoms with Gasteiger partial charge in [-0.25, -0.2) is 0 Å². The van der Waals surface area contributed by atoms with Crippen LogP contribution in [-0.4, -0.2) is 39.0 Å². The Kier molecular flexibility index (Phi) is 3.71. The smallest absolute Gasteiger partial charge is 0.131 e. The average Bonchev–Trinajstić information content (AvgIpc) is 2.38. The van der Waals surface area contributed by atoms with Gasteiger partial charge in [-0.05, 0) is 0 Å². The van der Waals surface area contributed by atoms with Crippen LogP contribution < -0.4 is 20.1 Å². The summed E-state index contributed by atoms with van der Waals surface area (Å²) in [7, 11) is 3.18. The molecule has 5 nitrogen and oxygen atoms in total. The minimum absolute atomic E-state index is 0.134. The maximum absolute atomic E-state index is 9.58. The Balaban J connectivity index is 2.41. The second-order valence-electron chi connectivity index (χ2n) is 3.97. The highest BCUT2D eigenvalue weighted by atomic mass is 16.5. The number of hydrogen-bond acceptors (Lipinski definition) is 5. The number of rotatable bonds is 3. The summed E-state index contributed by atoms with van der Waals surface area (Å²) in [5.41, 5.74) is 0.944. The van der Waals surface area contributed by atoms with E-state index in [1.165, 1.54) is 0 Å². The molecule has 1 aromatic rings. The van der Waals surface area contributed by atoms with Crippen molar-refractivity contribution in [1.29, 1.82) is 0 Å². The van der Waals surface area contributed by atoms with E-state index in [-0.39, 0.29) is 11.8 Å². The van der Waals surface area contributed by atoms with Gasteiger partial charge >= 0.3 is 0 Å². The molecule has 0 amide bonds. The molecule has 1 atom stereocenters. The van der Waals surface area contributed by atoms with E-state index in [9.17, 15) is 5.11 Å². The molecule has 0 saturated carbocycles. The average molecular weight is 238 g/mol. The lowest BCUT2D eigenvalue weighted by molar-refractivity contribution is 0.349. The molecular weight excluding hydrogens is 220 g/mol. The third-order valence-electron chi connectivity index (χ3n) is 2.92. The first-order valence-electron chi connectivity index (χ1n) is 5.65. The number of aromatic hydroxyl groups is 1. The fraction of sp³-hybridized carbons (Fsp3) is 0.500. The normalized spacial score (nSPS) is 20.0. The molecule has 5 heteroatoms. The molecule has 2 rings (SSSR count). The molecule has 0 aromatic heterocycles. The van der Waals surface area contributed by atoms with Gasteiger partial charge in [-0.3, -0.25) is 0 Å². The Morgan fingerprint density at radius 3 is 2.29 bits per heavy atom. The number of phenolic OH excluding ortho intramolecular Hbond substituents is 1. The molecule has 17 heavy (non-hydrogen) atoms. The lowest BCUT2D eigenvalue weighted by Gasteiger charge is -2.27. The van der Waals surface area contributed by atoms with Crippen LogP contribution in [0.25, 0.3) is 0 Å². The SMILES string of the molecule is COc1cc(O)cc(OC)c1[C@H]1CNCCN1. The highest BCUT2D eigenvalue weighted by Gasteiger charge is 2.23. The molecule has 0 bridgehead atoms. The molecule has 3 N–H and O–H groups in total. The van der Waals surface area contributed by atoms with Gasteiger partial charge in [0.15, 0.2) is 0 Å². The lowest BCUT2D eigenvalue weighted by Crippen LogP contribution is -2.42. The molecule has 0 spiro atoms. The van der Waals surface area contributed by atoms with Crippen LogP contribution in [0.5, 0.6) is 17.2 Å². The summed E-state index contributed by atoms with van der Waals surface area (Å²) in [6, 6.07) is 3.34. The van der Waals surface area contributed by atoms with Crippen molar-refractivity contribution in [3.63, 3.8) is 0 Å². The van der Waals surface area contributed by atoms with Crippen LogP contribution in [0.3, 0.4) is 0 Å². The van der Waals surface area contributed by atoms with E-state index >= 15 is 0 Å². The summed E-state index contributed by atoms with van der Waals surface area (Å²) >= 11 is 0. The quantitative estimate of drug-likeness (QED) is 0.721. The maximum atomic E-state index is 9.58. The molecular formula is C12H18N2O3. The van der Waals surface area contributed by atoms with Gasteiger partial charge < -0.3 is 25.2 Å². The van der Waals surface area contributed by atoms with Gasteiger partial charge in [0.25, 0.3) is 0 Å². The van der Waals surface area contributed by atoms with Crippen molar-refractivity contribution in [2.45, 2.75) is 6.04 Å². The van der Waals surface area contributed by atoms with Gasteiger partial charge in [-0.2, -0.15) is 0 Å². The molecule has 1 fully saturated rings. The Bertz CT molecular complexity index is 364. The minimum atomic E-state index is 0.134. The van der Waals surface area contributed by atoms with E-state index in [0.29, 0.717) is 11.5 Å². The van der Waals surface area contributed by atoms with Crippen LogP contribution in [-0.2, 0) is 0 Å². The van der Waals surface area contributed by atoms with Crippen molar-refractivity contribution in [2.75, 3.05) is 33.9 Å². The summed E-state index contributed by atoms with van der Waals surface area (Å²) < 4.78 is 10.6. The number of methoxy groups -OCH3 is 2. The van der Waals surface area contributed by atoms with E-state index in [2.05, 4.69) is 10.6 Å². The second-order valence-corrected chi connectivity index (χ2v) is 3.97. The third kappa shape index (κ3) is 2.45. The first-order valence-corrected chi connectivity index (χ1v) is 5.65. The number of ether oxygens (including phenoxy) is 2. The zero-order valence-electron chi connectivity index (χ0n) is 10.1. The van der Waals surface area contributed by atoms with Crippen molar-refractivity contribution >= 4 is 0 Å². The Morgan fingerprint density at radius 1 is 1.18 bits per heavy atom. The fourth-order valence-electron chi connectivity index (χ4n) is 2.13. The first kappa shape index (κ1) is 12.0. The summed E-state index contributed by atoms with van der Waals surface area (Å²) in [4.78, 5) is 0. The molecule has 1 heterocycles. The van der Waals surface area contributed by atoms with Crippen molar-refractivity contribution in [3.05, 3.63) is 17.7 Å². The van der Waals surface area contributed by atoms with Gasteiger partial charge in [-0.1, -0.05) is 0 Å². The van der Waals surface area contributed by atoms with E-state index in [4.69, 9.17) is 9.47 Å². The highest BCUT2D eigenvalue weighted by Crippen LogP contribution is 2.37. The predicted molar refractivity (Wildman–Crippen MR) is 64.8 cm³/mol. The largest absolute Gasteiger partial charge is 0.508 e. The molecule has 1 aromatic carbocycles. The molecule has 0 aliphatic carbocycles. The van der Waals surface area contributed by atoms with Crippen LogP contribution >= 0.6 is 0 Å². The highest BCUT2D eigenvalue weighted by molar-refractivity contribution is 5.52. The Morgan fingerprint density at radius 2 is 1.82 bits per heavy atom. The van der Waals surface area contributed by atoms with Crippen molar-refractivity contribution in [1.82, 2.24) is 10.6 Å². The zero-order chi connectivity index (χ0) is 12.3. The lowest BCUT2D eigenvalue weighted by atomic mass is 10.0. The zero-order valence-corrected chi connectivity index (χ0v) is 10.1. The summed E-state index contributed by atoms with van der Waals surface area (Å²) in [6.45, 7) is 2.68. The van der Waals surface area contributed by atoms with Crippen molar-refractivity contribution in [3.8, 4) is 17.2 Å². The molecule has 1 saturated heterocycles. The monoisotopic (exact) mass is 238 g/mol. The fourth-order valence-corrected chi connectivity index (χ4v) is 2.13. The molecule has 0 radical (unpaired) electrons. The number of phenols is 1. The van der Waals surface area contributed by atoms with E-state index in [1.54, 1.807) is 26.4 Å². The summed E-state index contributed by atoms with van der Waals surface area (Å²) in [5, 5.41) is 16.3. The topological polar surface area (TPSA) is 62.8 Å². The Labute approximate surface area is 101 Å². The van der Waals surface area contributed by atoms with Crippen LogP contribution in [0.15, 0.2) is 12.1 Å². The number of piperazine rings is 1. The van der Waals surface area contributed by atoms with Gasteiger partial charge in [0, 0.05) is 31.8 Å². The first-order chi connectivity index (χ1) is 8.26. The minimum Gasteiger partial charge on any atom is -0.508 e. The van der Waals surface area contributed by atoms with Gasteiger partial charge in [-0.15, -0.1) is 0 Å². The molecule has 94 valence electrons. The molecule has 1 aliphatic rings. The van der Waals surface area contributed by atoms with Crippen LogP contribution in [0.1, 0.15) is 11.6 Å². The van der Waals surface area contributed by atoms with Crippen LogP contribution in [0.4, 0.5) is 0 Å². The van der Waals surface area contributed by atoms with Crippen LogP contribution in [0, 0.1) is 0 Å². The van der Waals surface area contributed by atoms with E-state index in [1.807, 2.05) is 0 Å². The molecule has 1 aliphatic heterocycles. The Hall–Kier alpha value is -1.46. The van der Waals surface area contributed by atoms with Gasteiger partial charge in [0.1, 0.15) is 17.2 Å².